The average molecular weight is 224 g/mol. The zero-order valence-corrected chi connectivity index (χ0v) is 11.1. The van der Waals surface area contributed by atoms with Gasteiger partial charge in [-0.25, -0.2) is 0 Å². The van der Waals surface area contributed by atoms with Gasteiger partial charge in [0.1, 0.15) is 0 Å². The number of unbranched alkanes of at least 4 members (excludes halogenated alkanes) is 4. The van der Waals surface area contributed by atoms with Gasteiger partial charge in [-0.05, 0) is 12.8 Å². The van der Waals surface area contributed by atoms with Crippen LogP contribution >= 0.6 is 0 Å². The molecule has 1 heterocycles. The Morgan fingerprint density at radius 3 is 2.56 bits per heavy atom. The fraction of sp³-hybridized carbons (Fsp3) is 0.867. The molecular formula is C15H28O. The van der Waals surface area contributed by atoms with Gasteiger partial charge in [-0.3, -0.25) is 0 Å². The van der Waals surface area contributed by atoms with Gasteiger partial charge in [-0.2, -0.15) is 0 Å². The quantitative estimate of drug-likeness (QED) is 0.428. The van der Waals surface area contributed by atoms with Gasteiger partial charge >= 0.3 is 0 Å². The second kappa shape index (κ2) is 8.81. The van der Waals surface area contributed by atoms with E-state index in [-0.39, 0.29) is 0 Å². The first-order chi connectivity index (χ1) is 7.88. The van der Waals surface area contributed by atoms with Crippen LogP contribution < -0.4 is 0 Å². The van der Waals surface area contributed by atoms with E-state index in [1.165, 1.54) is 51.4 Å². The van der Waals surface area contributed by atoms with Crippen molar-refractivity contribution in [1.82, 2.24) is 0 Å². The number of hydrogen-bond acceptors (Lipinski definition) is 1. The molecule has 0 aliphatic carbocycles. The number of hydrogen-bond donors (Lipinski definition) is 0. The van der Waals surface area contributed by atoms with E-state index >= 15 is 0 Å². The normalized spacial score (nSPS) is 24.9. The summed E-state index contributed by atoms with van der Waals surface area (Å²) in [4.78, 5) is 0. The Hall–Kier alpha value is -0.300. The van der Waals surface area contributed by atoms with Crippen LogP contribution in [-0.4, -0.2) is 12.7 Å². The molecule has 0 saturated carbocycles. The molecule has 1 nitrogen and oxygen atoms in total. The number of rotatable bonds is 8. The lowest BCUT2D eigenvalue weighted by Gasteiger charge is -2.28. The van der Waals surface area contributed by atoms with Gasteiger partial charge in [0.15, 0.2) is 0 Å². The lowest BCUT2D eigenvalue weighted by atomic mass is 9.90. The Balaban J connectivity index is 2.23. The molecule has 16 heavy (non-hydrogen) atoms. The molecule has 0 fully saturated rings. The Morgan fingerprint density at radius 2 is 1.81 bits per heavy atom. The van der Waals surface area contributed by atoms with E-state index < -0.39 is 0 Å². The van der Waals surface area contributed by atoms with Crippen molar-refractivity contribution in [3.63, 3.8) is 0 Å². The van der Waals surface area contributed by atoms with E-state index in [0.717, 1.165) is 6.61 Å². The first kappa shape index (κ1) is 13.8. The standard InChI is InChI=1S/C15H28O/c1-3-5-7-8-12-15-14(10-6-4-2)11-9-13-16-15/h9,11,14-15H,3-8,10,12-13H2,1-2H3/t14-,15+/m1/s1. The molecule has 0 unspecified atom stereocenters. The molecule has 1 rings (SSSR count). The maximum absolute atomic E-state index is 5.88. The second-order valence-electron chi connectivity index (χ2n) is 4.96. The molecule has 1 aliphatic heterocycles. The molecule has 1 heteroatoms. The highest BCUT2D eigenvalue weighted by Crippen LogP contribution is 2.25. The molecule has 0 N–H and O–H groups in total. The highest BCUT2D eigenvalue weighted by molar-refractivity contribution is 4.96. The molecule has 0 bridgehead atoms. The molecule has 0 aromatic heterocycles. The van der Waals surface area contributed by atoms with Gasteiger partial charge in [0.2, 0.25) is 0 Å². The fourth-order valence-corrected chi connectivity index (χ4v) is 2.45. The Labute approximate surface area is 101 Å². The minimum Gasteiger partial charge on any atom is -0.374 e. The summed E-state index contributed by atoms with van der Waals surface area (Å²) >= 11 is 0. The molecule has 0 saturated heterocycles. The molecule has 1 aliphatic rings. The van der Waals surface area contributed by atoms with E-state index in [1.807, 2.05) is 0 Å². The van der Waals surface area contributed by atoms with Crippen molar-refractivity contribution in [2.45, 2.75) is 71.3 Å². The van der Waals surface area contributed by atoms with Crippen LogP contribution in [0.3, 0.4) is 0 Å². The topological polar surface area (TPSA) is 9.23 Å². The predicted octanol–water partition coefficient (Wildman–Crippen LogP) is 4.72. The maximum Gasteiger partial charge on any atom is 0.0651 e. The zero-order chi connectivity index (χ0) is 11.6. The fourth-order valence-electron chi connectivity index (χ4n) is 2.45. The van der Waals surface area contributed by atoms with Gasteiger partial charge in [-0.15, -0.1) is 0 Å². The minimum absolute atomic E-state index is 0.508. The Bertz CT molecular complexity index is 186. The van der Waals surface area contributed by atoms with Crippen LogP contribution in [0, 0.1) is 5.92 Å². The van der Waals surface area contributed by atoms with Crippen molar-refractivity contribution in [3.05, 3.63) is 12.2 Å². The molecular weight excluding hydrogens is 196 g/mol. The van der Waals surface area contributed by atoms with Crippen LogP contribution in [-0.2, 0) is 4.74 Å². The molecule has 0 aromatic carbocycles. The molecule has 0 radical (unpaired) electrons. The van der Waals surface area contributed by atoms with Crippen molar-refractivity contribution in [2.24, 2.45) is 5.92 Å². The van der Waals surface area contributed by atoms with Crippen LogP contribution in [0.5, 0.6) is 0 Å². The molecule has 94 valence electrons. The third-order valence-corrected chi connectivity index (χ3v) is 3.50. The van der Waals surface area contributed by atoms with Crippen molar-refractivity contribution in [3.8, 4) is 0 Å². The van der Waals surface area contributed by atoms with Crippen LogP contribution in [0.15, 0.2) is 12.2 Å². The van der Waals surface area contributed by atoms with Gasteiger partial charge in [-0.1, -0.05) is 64.5 Å². The summed E-state index contributed by atoms with van der Waals surface area (Å²) < 4.78 is 5.88. The van der Waals surface area contributed by atoms with Crippen molar-refractivity contribution >= 4 is 0 Å². The highest BCUT2D eigenvalue weighted by atomic mass is 16.5. The smallest absolute Gasteiger partial charge is 0.0651 e. The van der Waals surface area contributed by atoms with Gasteiger partial charge < -0.3 is 4.74 Å². The number of ether oxygens (including phenoxy) is 1. The summed E-state index contributed by atoms with van der Waals surface area (Å²) in [6.07, 6.45) is 15.7. The van der Waals surface area contributed by atoms with E-state index in [4.69, 9.17) is 4.74 Å². The largest absolute Gasteiger partial charge is 0.374 e. The minimum atomic E-state index is 0.508. The van der Waals surface area contributed by atoms with E-state index in [1.54, 1.807) is 0 Å². The third kappa shape index (κ3) is 5.16. The third-order valence-electron chi connectivity index (χ3n) is 3.50. The van der Waals surface area contributed by atoms with Crippen LogP contribution in [0.4, 0.5) is 0 Å². The first-order valence-electron chi connectivity index (χ1n) is 7.16. The SMILES string of the molecule is CCCCCC[C@@H]1OCC=C[C@H]1CCCC. The summed E-state index contributed by atoms with van der Waals surface area (Å²) in [7, 11) is 0. The molecule has 0 spiro atoms. The Morgan fingerprint density at radius 1 is 1.00 bits per heavy atom. The van der Waals surface area contributed by atoms with Crippen molar-refractivity contribution in [2.75, 3.05) is 6.61 Å². The average Bonchev–Trinajstić information content (AvgIpc) is 2.33. The second-order valence-corrected chi connectivity index (χ2v) is 4.96. The molecule has 0 aromatic rings. The summed E-state index contributed by atoms with van der Waals surface area (Å²) in [5.41, 5.74) is 0. The monoisotopic (exact) mass is 224 g/mol. The maximum atomic E-state index is 5.88. The van der Waals surface area contributed by atoms with Crippen molar-refractivity contribution in [1.29, 1.82) is 0 Å². The summed E-state index contributed by atoms with van der Waals surface area (Å²) in [6, 6.07) is 0. The van der Waals surface area contributed by atoms with E-state index in [2.05, 4.69) is 26.0 Å². The van der Waals surface area contributed by atoms with E-state index in [9.17, 15) is 0 Å². The predicted molar refractivity (Wildman–Crippen MR) is 70.7 cm³/mol. The lowest BCUT2D eigenvalue weighted by Crippen LogP contribution is -2.26. The van der Waals surface area contributed by atoms with E-state index in [0.29, 0.717) is 12.0 Å². The summed E-state index contributed by atoms with van der Waals surface area (Å²) in [6.45, 7) is 5.37. The molecule has 0 amide bonds. The van der Waals surface area contributed by atoms with Crippen LogP contribution in [0.2, 0.25) is 0 Å². The van der Waals surface area contributed by atoms with Crippen molar-refractivity contribution < 1.29 is 4.74 Å². The van der Waals surface area contributed by atoms with Gasteiger partial charge in [0.25, 0.3) is 0 Å². The zero-order valence-electron chi connectivity index (χ0n) is 11.1. The van der Waals surface area contributed by atoms with Crippen LogP contribution in [0.1, 0.15) is 65.2 Å². The highest BCUT2D eigenvalue weighted by Gasteiger charge is 2.21. The van der Waals surface area contributed by atoms with Crippen LogP contribution in [0.25, 0.3) is 0 Å². The van der Waals surface area contributed by atoms with Gasteiger partial charge in [0, 0.05) is 5.92 Å². The molecule has 2 atom stereocenters. The lowest BCUT2D eigenvalue weighted by molar-refractivity contribution is 0.0224. The summed E-state index contributed by atoms with van der Waals surface area (Å²) in [5, 5.41) is 0. The summed E-state index contributed by atoms with van der Waals surface area (Å²) in [5.74, 6) is 0.690. The van der Waals surface area contributed by atoms with Gasteiger partial charge in [0.05, 0.1) is 12.7 Å². The Kier molecular flexibility index (Phi) is 7.58. The first-order valence-corrected chi connectivity index (χ1v) is 7.16.